The van der Waals surface area contributed by atoms with Crippen LogP contribution in [0.1, 0.15) is 31.4 Å². The van der Waals surface area contributed by atoms with Gasteiger partial charge in [0.05, 0.1) is 19.3 Å². The van der Waals surface area contributed by atoms with Crippen molar-refractivity contribution in [2.75, 3.05) is 5.32 Å². The van der Waals surface area contributed by atoms with Crippen LogP contribution in [0.15, 0.2) is 18.2 Å². The number of benzene rings is 1. The lowest BCUT2D eigenvalue weighted by molar-refractivity contribution is -0.117. The maximum atomic E-state index is 11.9. The number of anilines is 1. The Balaban J connectivity index is 1.99. The average Bonchev–Trinajstić information content (AvgIpc) is 2.75. The van der Waals surface area contributed by atoms with Crippen LogP contribution in [-0.4, -0.2) is 11.9 Å². The van der Waals surface area contributed by atoms with Crippen molar-refractivity contribution in [1.82, 2.24) is 0 Å². The van der Waals surface area contributed by atoms with Crippen LogP contribution in [0.2, 0.25) is 0 Å². The number of amides is 1. The van der Waals surface area contributed by atoms with Crippen molar-refractivity contribution in [3.8, 4) is 0 Å². The molecule has 1 aromatic rings. The van der Waals surface area contributed by atoms with E-state index in [2.05, 4.69) is 19.2 Å². The van der Waals surface area contributed by atoms with E-state index in [9.17, 15) is 4.79 Å². The molecule has 1 aromatic carbocycles. The Morgan fingerprint density at radius 3 is 2.83 bits per heavy atom. The third-order valence-corrected chi connectivity index (χ3v) is 3.05. The summed E-state index contributed by atoms with van der Waals surface area (Å²) in [5, 5.41) is 2.86. The summed E-state index contributed by atoms with van der Waals surface area (Å²) in [6.07, 6.45) is 0.694. The number of ether oxygens (including phenoxy) is 1. The molecule has 0 saturated carbocycles. The summed E-state index contributed by atoms with van der Waals surface area (Å²) in [6, 6.07) is 5.40. The lowest BCUT2D eigenvalue weighted by atomic mass is 10.0. The molecule has 0 aromatic heterocycles. The second-order valence-corrected chi connectivity index (χ2v) is 5.20. The fourth-order valence-corrected chi connectivity index (χ4v) is 2.10. The van der Waals surface area contributed by atoms with E-state index >= 15 is 0 Å². The highest BCUT2D eigenvalue weighted by molar-refractivity contribution is 5.94. The van der Waals surface area contributed by atoms with Gasteiger partial charge in [-0.15, -0.1) is 0 Å². The van der Waals surface area contributed by atoms with Crippen LogP contribution in [-0.2, 0) is 22.7 Å². The van der Waals surface area contributed by atoms with Gasteiger partial charge in [0.15, 0.2) is 0 Å². The van der Waals surface area contributed by atoms with Crippen molar-refractivity contribution in [1.29, 1.82) is 0 Å². The molecule has 0 saturated heterocycles. The summed E-state index contributed by atoms with van der Waals surface area (Å²) >= 11 is 0. The molecule has 1 amide bonds. The van der Waals surface area contributed by atoms with E-state index in [1.807, 2.05) is 18.2 Å². The molecule has 0 bridgehead atoms. The molecule has 2 rings (SSSR count). The van der Waals surface area contributed by atoms with Gasteiger partial charge in [-0.3, -0.25) is 4.79 Å². The Morgan fingerprint density at radius 2 is 2.11 bits per heavy atom. The van der Waals surface area contributed by atoms with Gasteiger partial charge in [-0.25, -0.2) is 0 Å². The monoisotopic (exact) mass is 248 g/mol. The van der Waals surface area contributed by atoms with Crippen molar-refractivity contribution in [3.63, 3.8) is 0 Å². The fraction of sp³-hybridized carbons (Fsp3) is 0.500. The van der Waals surface area contributed by atoms with Crippen molar-refractivity contribution >= 4 is 11.6 Å². The number of hydrogen-bond acceptors (Lipinski definition) is 3. The maximum Gasteiger partial charge on any atom is 0.241 e. The molecule has 0 fully saturated rings. The molecular formula is C14H20N2O2. The first-order valence-electron chi connectivity index (χ1n) is 6.32. The summed E-state index contributed by atoms with van der Waals surface area (Å²) < 4.78 is 5.34. The Labute approximate surface area is 108 Å². The number of nitrogens with two attached hydrogens (primary N) is 1. The van der Waals surface area contributed by atoms with Crippen LogP contribution in [0.3, 0.4) is 0 Å². The molecular weight excluding hydrogens is 228 g/mol. The van der Waals surface area contributed by atoms with Gasteiger partial charge in [-0.05, 0) is 35.6 Å². The van der Waals surface area contributed by atoms with E-state index in [-0.39, 0.29) is 5.91 Å². The Kier molecular flexibility index (Phi) is 3.99. The van der Waals surface area contributed by atoms with Crippen molar-refractivity contribution in [2.24, 2.45) is 11.7 Å². The largest absolute Gasteiger partial charge is 0.372 e. The molecule has 1 atom stereocenters. The normalized spacial score (nSPS) is 15.6. The molecule has 0 spiro atoms. The van der Waals surface area contributed by atoms with Crippen LogP contribution in [0, 0.1) is 5.92 Å². The summed E-state index contributed by atoms with van der Waals surface area (Å²) in [4.78, 5) is 11.9. The number of nitrogens with one attached hydrogen (secondary N) is 1. The number of rotatable bonds is 4. The molecule has 4 nitrogen and oxygen atoms in total. The summed E-state index contributed by atoms with van der Waals surface area (Å²) in [7, 11) is 0. The van der Waals surface area contributed by atoms with E-state index in [4.69, 9.17) is 10.5 Å². The van der Waals surface area contributed by atoms with Crippen LogP contribution in [0.4, 0.5) is 5.69 Å². The third-order valence-electron chi connectivity index (χ3n) is 3.05. The van der Waals surface area contributed by atoms with Crippen LogP contribution < -0.4 is 11.1 Å². The molecule has 4 heteroatoms. The fourth-order valence-electron chi connectivity index (χ4n) is 2.10. The van der Waals surface area contributed by atoms with Crippen LogP contribution in [0.25, 0.3) is 0 Å². The first kappa shape index (κ1) is 13.1. The van der Waals surface area contributed by atoms with E-state index in [1.165, 1.54) is 5.56 Å². The van der Waals surface area contributed by atoms with E-state index in [0.29, 0.717) is 25.6 Å². The minimum absolute atomic E-state index is 0.123. The second-order valence-electron chi connectivity index (χ2n) is 5.20. The molecule has 98 valence electrons. The Bertz CT molecular complexity index is 443. The molecule has 0 radical (unpaired) electrons. The molecule has 18 heavy (non-hydrogen) atoms. The lowest BCUT2D eigenvalue weighted by Gasteiger charge is -2.14. The SMILES string of the molecule is CC(C)CC(N)C(=O)Nc1ccc2c(c1)COC2. The summed E-state index contributed by atoms with van der Waals surface area (Å²) in [6.45, 7) is 5.40. The smallest absolute Gasteiger partial charge is 0.241 e. The van der Waals surface area contributed by atoms with Gasteiger partial charge in [0.25, 0.3) is 0 Å². The summed E-state index contributed by atoms with van der Waals surface area (Å²) in [5.41, 5.74) is 8.97. The van der Waals surface area contributed by atoms with Gasteiger partial charge in [0, 0.05) is 5.69 Å². The topological polar surface area (TPSA) is 64.4 Å². The number of hydrogen-bond donors (Lipinski definition) is 2. The number of carbonyl (C=O) groups is 1. The maximum absolute atomic E-state index is 11.9. The molecule has 0 aliphatic carbocycles. The number of carbonyl (C=O) groups excluding carboxylic acids is 1. The van der Waals surface area contributed by atoms with Crippen molar-refractivity contribution < 1.29 is 9.53 Å². The van der Waals surface area contributed by atoms with Gasteiger partial charge >= 0.3 is 0 Å². The van der Waals surface area contributed by atoms with Crippen molar-refractivity contribution in [2.45, 2.75) is 39.5 Å². The zero-order chi connectivity index (χ0) is 13.1. The highest BCUT2D eigenvalue weighted by atomic mass is 16.5. The average molecular weight is 248 g/mol. The first-order chi connectivity index (χ1) is 8.56. The highest BCUT2D eigenvalue weighted by Crippen LogP contribution is 2.23. The lowest BCUT2D eigenvalue weighted by Crippen LogP contribution is -2.36. The van der Waals surface area contributed by atoms with Crippen LogP contribution >= 0.6 is 0 Å². The van der Waals surface area contributed by atoms with Gasteiger partial charge < -0.3 is 15.8 Å². The van der Waals surface area contributed by atoms with Crippen molar-refractivity contribution in [3.05, 3.63) is 29.3 Å². The Hall–Kier alpha value is -1.39. The molecule has 1 unspecified atom stereocenters. The second kappa shape index (κ2) is 5.50. The van der Waals surface area contributed by atoms with E-state index in [1.54, 1.807) is 0 Å². The predicted molar refractivity (Wildman–Crippen MR) is 71.0 cm³/mol. The molecule has 1 aliphatic rings. The van der Waals surface area contributed by atoms with E-state index < -0.39 is 6.04 Å². The van der Waals surface area contributed by atoms with Gasteiger partial charge in [0.1, 0.15) is 0 Å². The highest BCUT2D eigenvalue weighted by Gasteiger charge is 2.16. The first-order valence-corrected chi connectivity index (χ1v) is 6.32. The Morgan fingerprint density at radius 1 is 1.39 bits per heavy atom. The zero-order valence-corrected chi connectivity index (χ0v) is 10.9. The quantitative estimate of drug-likeness (QED) is 0.857. The standard InChI is InChI=1S/C14H20N2O2/c1-9(2)5-13(15)14(17)16-12-4-3-10-7-18-8-11(10)6-12/h3-4,6,9,13H,5,7-8,15H2,1-2H3,(H,16,17). The number of fused-ring (bicyclic) bond motifs is 1. The minimum atomic E-state index is -0.450. The predicted octanol–water partition coefficient (Wildman–Crippen LogP) is 2.03. The third kappa shape index (κ3) is 3.09. The summed E-state index contributed by atoms with van der Waals surface area (Å²) in [5.74, 6) is 0.293. The van der Waals surface area contributed by atoms with Gasteiger partial charge in [0.2, 0.25) is 5.91 Å². The molecule has 1 aliphatic heterocycles. The zero-order valence-electron chi connectivity index (χ0n) is 10.9. The van der Waals surface area contributed by atoms with Crippen LogP contribution in [0.5, 0.6) is 0 Å². The van der Waals surface area contributed by atoms with Gasteiger partial charge in [-0.2, -0.15) is 0 Å². The molecule has 1 heterocycles. The minimum Gasteiger partial charge on any atom is -0.372 e. The molecule has 3 N–H and O–H groups in total. The van der Waals surface area contributed by atoms with Gasteiger partial charge in [-0.1, -0.05) is 19.9 Å². The van der Waals surface area contributed by atoms with E-state index in [0.717, 1.165) is 11.3 Å².